The van der Waals surface area contributed by atoms with Crippen molar-refractivity contribution >= 4 is 23.9 Å². The predicted octanol–water partition coefficient (Wildman–Crippen LogP) is 5.72. The number of unbranched alkanes of at least 4 members (excludes halogenated alkanes) is 3. The van der Waals surface area contributed by atoms with Crippen LogP contribution in [0.5, 0.6) is 0 Å². The maximum absolute atomic E-state index is 14.1. The zero-order valence-corrected chi connectivity index (χ0v) is 28.9. The fourth-order valence-electron chi connectivity index (χ4n) is 5.30. The standard InChI is InChI=1S/C38H51N5O5/c1-6-7-8-18-25-40-35(46)41-32(34(45)39-26-27-43(5)36(47)48-37(2,3)4)28-33(44)42-38(29-19-12-9-13-20-29,30-21-14-10-15-22-30)31-23-16-11-17-24-31/h9-17,19-24,32H,6-8,18,25-28H2,1-5H3,(H,39,45)(H,42,44)(H2,40,41,46)/t32-/m1/s1. The summed E-state index contributed by atoms with van der Waals surface area (Å²) in [7, 11) is 1.58. The smallest absolute Gasteiger partial charge is 0.410 e. The van der Waals surface area contributed by atoms with Gasteiger partial charge in [0.2, 0.25) is 11.8 Å². The monoisotopic (exact) mass is 657 g/mol. The van der Waals surface area contributed by atoms with Crippen molar-refractivity contribution in [3.63, 3.8) is 0 Å². The van der Waals surface area contributed by atoms with Crippen LogP contribution in [0.25, 0.3) is 0 Å². The van der Waals surface area contributed by atoms with Crippen LogP contribution in [0, 0.1) is 0 Å². The SMILES string of the molecule is CCCCCCNC(=O)N[C@H](CC(=O)NC(c1ccccc1)(c1ccccc1)c1ccccc1)C(=O)NCCN(C)C(=O)OC(C)(C)C. The van der Waals surface area contributed by atoms with Crippen LogP contribution in [0.1, 0.15) is 76.5 Å². The second-order valence-electron chi connectivity index (χ2n) is 12.8. The highest BCUT2D eigenvalue weighted by atomic mass is 16.6. The number of ether oxygens (including phenoxy) is 1. The number of hydrogen-bond acceptors (Lipinski definition) is 5. The molecule has 0 aliphatic heterocycles. The Morgan fingerprint density at radius 1 is 0.729 bits per heavy atom. The highest BCUT2D eigenvalue weighted by molar-refractivity contribution is 5.92. The van der Waals surface area contributed by atoms with Crippen LogP contribution in [0.4, 0.5) is 9.59 Å². The molecule has 0 bridgehead atoms. The lowest BCUT2D eigenvalue weighted by Crippen LogP contribution is -2.55. The molecule has 0 saturated heterocycles. The van der Waals surface area contributed by atoms with Crippen molar-refractivity contribution in [3.05, 3.63) is 108 Å². The highest BCUT2D eigenvalue weighted by Crippen LogP contribution is 2.36. The van der Waals surface area contributed by atoms with Gasteiger partial charge in [0.25, 0.3) is 0 Å². The number of amides is 5. The lowest BCUT2D eigenvalue weighted by atomic mass is 9.77. The molecule has 0 spiro atoms. The van der Waals surface area contributed by atoms with Gasteiger partial charge in [-0.25, -0.2) is 9.59 Å². The van der Waals surface area contributed by atoms with E-state index in [0.29, 0.717) is 6.54 Å². The van der Waals surface area contributed by atoms with Gasteiger partial charge in [0.1, 0.15) is 17.2 Å². The number of carbonyl (C=O) groups is 4. The molecular weight excluding hydrogens is 606 g/mol. The number of nitrogens with one attached hydrogen (secondary N) is 4. The second-order valence-corrected chi connectivity index (χ2v) is 12.8. The topological polar surface area (TPSA) is 129 Å². The van der Waals surface area contributed by atoms with Gasteiger partial charge in [-0.05, 0) is 43.9 Å². The largest absolute Gasteiger partial charge is 0.444 e. The van der Waals surface area contributed by atoms with E-state index in [9.17, 15) is 19.2 Å². The van der Waals surface area contributed by atoms with E-state index in [0.717, 1.165) is 42.4 Å². The number of benzene rings is 3. The van der Waals surface area contributed by atoms with E-state index in [1.807, 2.05) is 91.0 Å². The first kappa shape index (κ1) is 37.6. The average molecular weight is 658 g/mol. The summed E-state index contributed by atoms with van der Waals surface area (Å²) in [4.78, 5) is 54.3. The minimum Gasteiger partial charge on any atom is -0.444 e. The fraction of sp³-hybridized carbons (Fsp3) is 0.421. The van der Waals surface area contributed by atoms with E-state index < -0.39 is 41.1 Å². The minimum absolute atomic E-state index is 0.0923. The van der Waals surface area contributed by atoms with Crippen molar-refractivity contribution in [2.45, 2.75) is 77.0 Å². The maximum Gasteiger partial charge on any atom is 0.410 e. The van der Waals surface area contributed by atoms with Crippen LogP contribution in [0.15, 0.2) is 91.0 Å². The van der Waals surface area contributed by atoms with Gasteiger partial charge in [0.05, 0.1) is 6.42 Å². The molecule has 5 amide bonds. The molecule has 48 heavy (non-hydrogen) atoms. The first-order chi connectivity index (χ1) is 23.0. The fourth-order valence-corrected chi connectivity index (χ4v) is 5.30. The number of likely N-dealkylation sites (N-methyl/N-ethyl adjacent to an activating group) is 1. The summed E-state index contributed by atoms with van der Waals surface area (Å²) in [6.45, 7) is 8.15. The van der Waals surface area contributed by atoms with E-state index in [4.69, 9.17) is 4.74 Å². The van der Waals surface area contributed by atoms with Gasteiger partial charge >= 0.3 is 12.1 Å². The molecule has 0 unspecified atom stereocenters. The van der Waals surface area contributed by atoms with Crippen molar-refractivity contribution in [2.24, 2.45) is 0 Å². The molecule has 3 rings (SSSR count). The van der Waals surface area contributed by atoms with Crippen LogP contribution in [-0.2, 0) is 19.9 Å². The molecule has 0 aliphatic carbocycles. The maximum atomic E-state index is 14.1. The Hall–Kier alpha value is -4.86. The molecule has 258 valence electrons. The normalized spacial score (nSPS) is 11.9. The van der Waals surface area contributed by atoms with Gasteiger partial charge in [0, 0.05) is 26.7 Å². The molecule has 0 aromatic heterocycles. The van der Waals surface area contributed by atoms with Crippen molar-refractivity contribution in [1.82, 2.24) is 26.2 Å². The second kappa shape index (κ2) is 18.5. The number of nitrogens with zero attached hydrogens (tertiary/aromatic N) is 1. The Morgan fingerprint density at radius 2 is 1.25 bits per heavy atom. The Labute approximate surface area is 285 Å². The van der Waals surface area contributed by atoms with E-state index in [2.05, 4.69) is 28.2 Å². The number of rotatable bonds is 16. The third-order valence-electron chi connectivity index (χ3n) is 7.73. The van der Waals surface area contributed by atoms with Crippen LogP contribution < -0.4 is 21.3 Å². The average Bonchev–Trinajstić information content (AvgIpc) is 3.07. The number of urea groups is 1. The van der Waals surface area contributed by atoms with Gasteiger partial charge < -0.3 is 30.9 Å². The molecule has 0 fully saturated rings. The molecule has 0 heterocycles. The zero-order valence-electron chi connectivity index (χ0n) is 28.9. The predicted molar refractivity (Wildman–Crippen MR) is 188 cm³/mol. The summed E-state index contributed by atoms with van der Waals surface area (Å²) >= 11 is 0. The third kappa shape index (κ3) is 11.4. The van der Waals surface area contributed by atoms with Crippen LogP contribution in [-0.4, -0.2) is 67.2 Å². The third-order valence-corrected chi connectivity index (χ3v) is 7.73. The summed E-state index contributed by atoms with van der Waals surface area (Å²) in [5.74, 6) is -0.991. The van der Waals surface area contributed by atoms with E-state index >= 15 is 0 Å². The molecule has 3 aromatic carbocycles. The summed E-state index contributed by atoms with van der Waals surface area (Å²) in [5, 5.41) is 11.5. The summed E-state index contributed by atoms with van der Waals surface area (Å²) in [5.41, 5.74) is 0.758. The zero-order chi connectivity index (χ0) is 35.0. The van der Waals surface area contributed by atoms with Gasteiger partial charge in [-0.1, -0.05) is 117 Å². The van der Waals surface area contributed by atoms with Crippen LogP contribution >= 0.6 is 0 Å². The van der Waals surface area contributed by atoms with Gasteiger partial charge in [0.15, 0.2) is 0 Å². The molecule has 0 radical (unpaired) electrons. The van der Waals surface area contributed by atoms with Crippen LogP contribution in [0.3, 0.4) is 0 Å². The molecule has 1 atom stereocenters. The van der Waals surface area contributed by atoms with Gasteiger partial charge in [-0.15, -0.1) is 0 Å². The first-order valence-corrected chi connectivity index (χ1v) is 16.7. The Bertz CT molecular complexity index is 1350. The summed E-state index contributed by atoms with van der Waals surface area (Å²) in [6.07, 6.45) is 3.08. The summed E-state index contributed by atoms with van der Waals surface area (Å²) < 4.78 is 5.38. The lowest BCUT2D eigenvalue weighted by molar-refractivity contribution is -0.128. The molecule has 3 aromatic rings. The molecule has 10 nitrogen and oxygen atoms in total. The van der Waals surface area contributed by atoms with Crippen molar-refractivity contribution in [1.29, 1.82) is 0 Å². The molecular formula is C38H51N5O5. The van der Waals surface area contributed by atoms with Gasteiger partial charge in [-0.2, -0.15) is 0 Å². The van der Waals surface area contributed by atoms with Gasteiger partial charge in [-0.3, -0.25) is 9.59 Å². The Morgan fingerprint density at radius 3 is 1.73 bits per heavy atom. The molecule has 4 N–H and O–H groups in total. The van der Waals surface area contributed by atoms with E-state index in [1.165, 1.54) is 4.90 Å². The highest BCUT2D eigenvalue weighted by Gasteiger charge is 2.39. The summed E-state index contributed by atoms with van der Waals surface area (Å²) in [6, 6.07) is 27.2. The minimum atomic E-state index is -1.19. The Balaban J connectivity index is 1.85. The molecule has 10 heteroatoms. The van der Waals surface area contributed by atoms with E-state index in [-0.39, 0.29) is 19.5 Å². The Kier molecular flexibility index (Phi) is 14.5. The molecule has 0 aliphatic rings. The van der Waals surface area contributed by atoms with Crippen molar-refractivity contribution in [2.75, 3.05) is 26.7 Å². The van der Waals surface area contributed by atoms with Crippen molar-refractivity contribution < 1.29 is 23.9 Å². The first-order valence-electron chi connectivity index (χ1n) is 16.7. The molecule has 0 saturated carbocycles. The lowest BCUT2D eigenvalue weighted by Gasteiger charge is -2.37. The number of carbonyl (C=O) groups excluding carboxylic acids is 4. The van der Waals surface area contributed by atoms with Crippen LogP contribution in [0.2, 0.25) is 0 Å². The van der Waals surface area contributed by atoms with Crippen molar-refractivity contribution in [3.8, 4) is 0 Å². The number of hydrogen-bond donors (Lipinski definition) is 4. The van der Waals surface area contributed by atoms with E-state index in [1.54, 1.807) is 27.8 Å². The quantitative estimate of drug-likeness (QED) is 0.116.